The Morgan fingerprint density at radius 2 is 2.18 bits per heavy atom. The number of nitrogens with two attached hydrogens (primary N) is 1. The number of aliphatic hydroxyl groups excluding tert-OH is 1. The van der Waals surface area contributed by atoms with Gasteiger partial charge in [0.15, 0.2) is 18.5 Å². The molecule has 0 radical (unpaired) electrons. The van der Waals surface area contributed by atoms with Crippen molar-refractivity contribution in [2.24, 2.45) is 0 Å². The molecular formula is C18H27ClFN3O5. The van der Waals surface area contributed by atoms with Crippen molar-refractivity contribution in [3.63, 3.8) is 0 Å². The monoisotopic (exact) mass is 419 g/mol. The minimum absolute atomic E-state index is 0.0218. The molecule has 0 amide bonds. The second-order valence-corrected chi connectivity index (χ2v) is 7.19. The van der Waals surface area contributed by atoms with Crippen LogP contribution in [0.15, 0.2) is 17.1 Å². The number of nitrogen functional groups attached to an aromatic ring is 1. The molecular weight excluding hydrogens is 393 g/mol. The van der Waals surface area contributed by atoms with Gasteiger partial charge in [0.05, 0.1) is 12.5 Å². The van der Waals surface area contributed by atoms with Crippen LogP contribution in [0.25, 0.3) is 0 Å². The zero-order chi connectivity index (χ0) is 20.7. The number of rotatable bonds is 10. The fraction of sp³-hybridized carbons (Fsp3) is 0.722. The third kappa shape index (κ3) is 5.01. The van der Waals surface area contributed by atoms with E-state index in [-0.39, 0.29) is 18.1 Å². The van der Waals surface area contributed by atoms with E-state index in [0.29, 0.717) is 6.42 Å². The number of carbonyl (C=O) groups excluding carboxylic acids is 1. The lowest BCUT2D eigenvalue weighted by atomic mass is 9.98. The summed E-state index contributed by atoms with van der Waals surface area (Å²) in [6.07, 6.45) is 1.23. The Bertz CT molecular complexity index is 713. The van der Waals surface area contributed by atoms with Crippen molar-refractivity contribution in [3.8, 4) is 0 Å². The summed E-state index contributed by atoms with van der Waals surface area (Å²) in [5.41, 5.74) is 2.96. The molecule has 2 heterocycles. The maximum absolute atomic E-state index is 15.1. The van der Waals surface area contributed by atoms with Gasteiger partial charge >= 0.3 is 11.7 Å². The molecule has 0 bridgehead atoms. The predicted molar refractivity (Wildman–Crippen MR) is 102 cm³/mol. The number of unbranched alkanes of at least 4 members (excludes halogenated alkanes) is 4. The highest BCUT2D eigenvalue weighted by Gasteiger charge is 2.58. The van der Waals surface area contributed by atoms with E-state index in [1.165, 1.54) is 12.3 Å². The molecule has 10 heteroatoms. The number of alkyl halides is 2. The Hall–Kier alpha value is -1.71. The SMILES string of the molecule is CCCCCCCC(=O)OC1C(F)C(n2ccc(N)nc2=O)OC1(CO)CCl. The summed E-state index contributed by atoms with van der Waals surface area (Å²) < 4.78 is 26.9. The molecule has 1 aromatic rings. The topological polar surface area (TPSA) is 117 Å². The van der Waals surface area contributed by atoms with Crippen molar-refractivity contribution < 1.29 is 23.8 Å². The second kappa shape index (κ2) is 10.2. The maximum atomic E-state index is 15.1. The van der Waals surface area contributed by atoms with Crippen LogP contribution in [0, 0.1) is 0 Å². The van der Waals surface area contributed by atoms with Crippen molar-refractivity contribution in [1.29, 1.82) is 0 Å². The van der Waals surface area contributed by atoms with Crippen molar-refractivity contribution in [2.75, 3.05) is 18.2 Å². The van der Waals surface area contributed by atoms with Crippen LogP contribution >= 0.6 is 11.6 Å². The van der Waals surface area contributed by atoms with E-state index in [0.717, 1.165) is 30.3 Å². The van der Waals surface area contributed by atoms with E-state index in [2.05, 4.69) is 11.9 Å². The van der Waals surface area contributed by atoms with Gasteiger partial charge in [-0.15, -0.1) is 11.6 Å². The van der Waals surface area contributed by atoms with Gasteiger partial charge in [0.1, 0.15) is 11.4 Å². The van der Waals surface area contributed by atoms with Gasteiger partial charge in [0, 0.05) is 12.6 Å². The van der Waals surface area contributed by atoms with Gasteiger partial charge in [-0.3, -0.25) is 9.36 Å². The number of esters is 1. The number of ether oxygens (including phenoxy) is 2. The maximum Gasteiger partial charge on any atom is 0.351 e. The number of aliphatic hydroxyl groups is 1. The molecule has 1 aliphatic heterocycles. The van der Waals surface area contributed by atoms with Crippen LogP contribution in [0.4, 0.5) is 10.2 Å². The summed E-state index contributed by atoms with van der Waals surface area (Å²) in [6.45, 7) is 1.41. The Morgan fingerprint density at radius 1 is 1.46 bits per heavy atom. The number of halogens is 2. The summed E-state index contributed by atoms with van der Waals surface area (Å²) in [7, 11) is 0. The van der Waals surface area contributed by atoms with Gasteiger partial charge in [-0.2, -0.15) is 4.98 Å². The Balaban J connectivity index is 2.12. The highest BCUT2D eigenvalue weighted by molar-refractivity contribution is 6.18. The van der Waals surface area contributed by atoms with E-state index in [9.17, 15) is 14.7 Å². The van der Waals surface area contributed by atoms with Gasteiger partial charge in [0.2, 0.25) is 0 Å². The number of nitrogens with zero attached hydrogens (tertiary/aromatic N) is 2. The quantitative estimate of drug-likeness (QED) is 0.338. The molecule has 4 atom stereocenters. The van der Waals surface area contributed by atoms with E-state index in [1.807, 2.05) is 0 Å². The Morgan fingerprint density at radius 3 is 2.79 bits per heavy atom. The fourth-order valence-corrected chi connectivity index (χ4v) is 3.46. The summed E-state index contributed by atoms with van der Waals surface area (Å²) in [5, 5.41) is 9.78. The third-order valence-electron chi connectivity index (χ3n) is 4.80. The number of carbonyl (C=O) groups is 1. The molecule has 0 aromatic carbocycles. The van der Waals surface area contributed by atoms with Crippen molar-refractivity contribution in [3.05, 3.63) is 22.7 Å². The predicted octanol–water partition coefficient (Wildman–Crippen LogP) is 1.93. The van der Waals surface area contributed by atoms with Crippen LogP contribution in [0.1, 0.15) is 51.7 Å². The van der Waals surface area contributed by atoms with Gasteiger partial charge in [-0.05, 0) is 12.5 Å². The minimum atomic E-state index is -1.92. The summed E-state index contributed by atoms with van der Waals surface area (Å²) in [5.74, 6) is -0.947. The standard InChI is InChI=1S/C18H27ClFN3O5/c1-2-3-4-5-6-7-13(25)27-15-14(20)16(28-18(15,10-19)11-24)23-9-8-12(21)22-17(23)26/h8-9,14-16,24H,2-7,10-11H2,1H3,(H2,21,22,26). The zero-order valence-corrected chi connectivity index (χ0v) is 16.6. The molecule has 1 fully saturated rings. The molecule has 28 heavy (non-hydrogen) atoms. The third-order valence-corrected chi connectivity index (χ3v) is 5.25. The van der Waals surface area contributed by atoms with Gasteiger partial charge in [0.25, 0.3) is 0 Å². The average molecular weight is 420 g/mol. The van der Waals surface area contributed by atoms with Crippen LogP contribution in [-0.4, -0.2) is 51.0 Å². The Kier molecular flexibility index (Phi) is 8.21. The molecule has 8 nitrogen and oxygen atoms in total. The van der Waals surface area contributed by atoms with Crippen LogP contribution in [0.2, 0.25) is 0 Å². The Labute approximate surface area is 167 Å². The smallest absolute Gasteiger partial charge is 0.351 e. The minimum Gasteiger partial charge on any atom is -0.456 e. The lowest BCUT2D eigenvalue weighted by Gasteiger charge is -2.29. The van der Waals surface area contributed by atoms with Crippen LogP contribution in [0.3, 0.4) is 0 Å². The van der Waals surface area contributed by atoms with Crippen LogP contribution < -0.4 is 11.4 Å². The van der Waals surface area contributed by atoms with Crippen molar-refractivity contribution >= 4 is 23.4 Å². The highest BCUT2D eigenvalue weighted by Crippen LogP contribution is 2.41. The lowest BCUT2D eigenvalue weighted by molar-refractivity contribution is -0.165. The first-order valence-electron chi connectivity index (χ1n) is 9.41. The molecule has 1 saturated heterocycles. The summed E-state index contributed by atoms with van der Waals surface area (Å²) >= 11 is 5.92. The van der Waals surface area contributed by atoms with Crippen molar-refractivity contribution in [1.82, 2.24) is 9.55 Å². The molecule has 0 saturated carbocycles. The first kappa shape index (κ1) is 22.6. The van der Waals surface area contributed by atoms with E-state index in [4.69, 9.17) is 26.8 Å². The molecule has 2 rings (SSSR count). The van der Waals surface area contributed by atoms with Gasteiger partial charge < -0.3 is 20.3 Å². The molecule has 1 aromatic heterocycles. The average Bonchev–Trinajstić information content (AvgIpc) is 2.94. The largest absolute Gasteiger partial charge is 0.456 e. The molecule has 3 N–H and O–H groups in total. The zero-order valence-electron chi connectivity index (χ0n) is 15.9. The highest BCUT2D eigenvalue weighted by atomic mass is 35.5. The van der Waals surface area contributed by atoms with E-state index < -0.39 is 42.4 Å². The van der Waals surface area contributed by atoms with Crippen LogP contribution in [-0.2, 0) is 14.3 Å². The normalized spacial score (nSPS) is 27.1. The second-order valence-electron chi connectivity index (χ2n) is 6.93. The first-order valence-corrected chi connectivity index (χ1v) is 9.95. The molecule has 0 spiro atoms. The van der Waals surface area contributed by atoms with Gasteiger partial charge in [-0.1, -0.05) is 32.6 Å². The molecule has 0 aliphatic carbocycles. The first-order chi connectivity index (χ1) is 13.4. The van der Waals surface area contributed by atoms with Crippen molar-refractivity contribution in [2.45, 2.75) is 69.6 Å². The molecule has 4 unspecified atom stereocenters. The fourth-order valence-electron chi connectivity index (χ4n) is 3.16. The molecule has 158 valence electrons. The number of aromatic nitrogens is 2. The van der Waals surface area contributed by atoms with Gasteiger partial charge in [-0.25, -0.2) is 9.18 Å². The molecule has 1 aliphatic rings. The number of hydrogen-bond acceptors (Lipinski definition) is 7. The number of hydrogen-bond donors (Lipinski definition) is 2. The lowest BCUT2D eigenvalue weighted by Crippen LogP contribution is -2.49. The van der Waals surface area contributed by atoms with E-state index >= 15 is 4.39 Å². The van der Waals surface area contributed by atoms with E-state index in [1.54, 1.807) is 0 Å². The summed E-state index contributed by atoms with van der Waals surface area (Å²) in [4.78, 5) is 27.8. The number of anilines is 1. The van der Waals surface area contributed by atoms with Crippen LogP contribution in [0.5, 0.6) is 0 Å². The summed E-state index contributed by atoms with van der Waals surface area (Å²) in [6, 6.07) is 1.31.